The maximum atomic E-state index is 13.2. The van der Waals surface area contributed by atoms with Gasteiger partial charge in [-0.15, -0.1) is 0 Å². The Kier molecular flexibility index (Phi) is 4.42. The fraction of sp³-hybridized carbons (Fsp3) is 0.500. The Morgan fingerprint density at radius 1 is 1.33 bits per heavy atom. The molecule has 21 heavy (non-hydrogen) atoms. The van der Waals surface area contributed by atoms with Crippen molar-refractivity contribution < 1.29 is 8.91 Å². The molecule has 0 aliphatic rings. The molecule has 114 valence electrons. The van der Waals surface area contributed by atoms with E-state index in [1.807, 2.05) is 33.8 Å². The lowest BCUT2D eigenvalue weighted by Crippen LogP contribution is -2.19. The monoisotopic (exact) mass is 291 g/mol. The van der Waals surface area contributed by atoms with Crippen molar-refractivity contribution in [3.63, 3.8) is 0 Å². The fourth-order valence-corrected chi connectivity index (χ4v) is 1.89. The standard InChI is InChI=1S/C16H22FN3O/c1-10-8-12(6-7-13(10)17)9-18-11(2)14-19-15(20-21-14)16(3,4)5/h6-8,11,18H,9H2,1-5H3. The Bertz CT molecular complexity index is 616. The number of rotatable bonds is 4. The van der Waals surface area contributed by atoms with Gasteiger partial charge in [0.15, 0.2) is 5.82 Å². The van der Waals surface area contributed by atoms with E-state index < -0.39 is 0 Å². The molecule has 1 aromatic carbocycles. The predicted molar refractivity (Wildman–Crippen MR) is 79.4 cm³/mol. The van der Waals surface area contributed by atoms with Gasteiger partial charge in [0, 0.05) is 12.0 Å². The normalized spacial score (nSPS) is 13.4. The second-order valence-corrected chi connectivity index (χ2v) is 6.39. The summed E-state index contributed by atoms with van der Waals surface area (Å²) in [7, 11) is 0. The number of hydrogen-bond donors (Lipinski definition) is 1. The summed E-state index contributed by atoms with van der Waals surface area (Å²) in [5, 5.41) is 7.32. The van der Waals surface area contributed by atoms with Crippen molar-refractivity contribution in [2.24, 2.45) is 0 Å². The number of hydrogen-bond acceptors (Lipinski definition) is 4. The van der Waals surface area contributed by atoms with Crippen molar-refractivity contribution in [2.75, 3.05) is 0 Å². The average molecular weight is 291 g/mol. The molecule has 2 rings (SSSR count). The third kappa shape index (κ3) is 3.88. The summed E-state index contributed by atoms with van der Waals surface area (Å²) in [5.41, 5.74) is 1.54. The van der Waals surface area contributed by atoms with Gasteiger partial charge in [-0.2, -0.15) is 4.98 Å². The van der Waals surface area contributed by atoms with Crippen LogP contribution in [0.1, 0.15) is 56.6 Å². The molecule has 0 aliphatic heterocycles. The molecule has 0 bridgehead atoms. The molecule has 2 aromatic rings. The van der Waals surface area contributed by atoms with Gasteiger partial charge in [-0.05, 0) is 31.0 Å². The van der Waals surface area contributed by atoms with Gasteiger partial charge < -0.3 is 9.84 Å². The number of nitrogens with one attached hydrogen (secondary N) is 1. The Balaban J connectivity index is 1.99. The zero-order valence-corrected chi connectivity index (χ0v) is 13.2. The van der Waals surface area contributed by atoms with Gasteiger partial charge >= 0.3 is 0 Å². The molecule has 0 amide bonds. The lowest BCUT2D eigenvalue weighted by molar-refractivity contribution is 0.330. The zero-order valence-electron chi connectivity index (χ0n) is 13.2. The van der Waals surface area contributed by atoms with Gasteiger partial charge in [0.05, 0.1) is 6.04 Å². The van der Waals surface area contributed by atoms with Gasteiger partial charge in [0.25, 0.3) is 0 Å². The molecule has 1 N–H and O–H groups in total. The van der Waals surface area contributed by atoms with E-state index in [0.29, 0.717) is 23.8 Å². The van der Waals surface area contributed by atoms with E-state index in [9.17, 15) is 4.39 Å². The lowest BCUT2D eigenvalue weighted by atomic mass is 9.96. The SMILES string of the molecule is Cc1cc(CNC(C)c2nc(C(C)(C)C)no2)ccc1F. The van der Waals surface area contributed by atoms with Crippen LogP contribution in [0.3, 0.4) is 0 Å². The van der Waals surface area contributed by atoms with Crippen molar-refractivity contribution in [1.82, 2.24) is 15.5 Å². The highest BCUT2D eigenvalue weighted by atomic mass is 19.1. The Morgan fingerprint density at radius 2 is 2.05 bits per heavy atom. The topological polar surface area (TPSA) is 51.0 Å². The summed E-state index contributed by atoms with van der Waals surface area (Å²) < 4.78 is 18.5. The quantitative estimate of drug-likeness (QED) is 0.934. The van der Waals surface area contributed by atoms with Gasteiger partial charge in [0.1, 0.15) is 5.82 Å². The molecule has 5 heteroatoms. The number of halogens is 1. The van der Waals surface area contributed by atoms with Gasteiger partial charge in [0.2, 0.25) is 5.89 Å². The van der Waals surface area contributed by atoms with E-state index in [4.69, 9.17) is 4.52 Å². The Hall–Kier alpha value is -1.75. The summed E-state index contributed by atoms with van der Waals surface area (Å²) in [6.07, 6.45) is 0. The van der Waals surface area contributed by atoms with Crippen LogP contribution in [0, 0.1) is 12.7 Å². The van der Waals surface area contributed by atoms with Crippen LogP contribution in [0.15, 0.2) is 22.7 Å². The first-order valence-corrected chi connectivity index (χ1v) is 7.10. The second kappa shape index (κ2) is 5.93. The molecule has 1 heterocycles. The predicted octanol–water partition coefficient (Wildman–Crippen LogP) is 3.67. The molecule has 0 saturated carbocycles. The zero-order chi connectivity index (χ0) is 15.6. The molecule has 1 atom stereocenters. The van der Waals surface area contributed by atoms with Crippen LogP contribution in [0.5, 0.6) is 0 Å². The molecular formula is C16H22FN3O. The molecule has 1 aromatic heterocycles. The second-order valence-electron chi connectivity index (χ2n) is 6.39. The van der Waals surface area contributed by atoms with Gasteiger partial charge in [-0.3, -0.25) is 0 Å². The first-order valence-electron chi connectivity index (χ1n) is 7.10. The highest BCUT2D eigenvalue weighted by molar-refractivity contribution is 5.23. The van der Waals surface area contributed by atoms with Crippen LogP contribution in [-0.4, -0.2) is 10.1 Å². The maximum absolute atomic E-state index is 13.2. The summed E-state index contributed by atoms with van der Waals surface area (Å²) in [4.78, 5) is 4.43. The van der Waals surface area contributed by atoms with Gasteiger partial charge in [-0.1, -0.05) is 38.1 Å². The van der Waals surface area contributed by atoms with E-state index >= 15 is 0 Å². The van der Waals surface area contributed by atoms with Gasteiger partial charge in [-0.25, -0.2) is 4.39 Å². The third-order valence-electron chi connectivity index (χ3n) is 3.32. The number of aryl methyl sites for hydroxylation is 1. The minimum Gasteiger partial charge on any atom is -0.338 e. The van der Waals surface area contributed by atoms with Crippen LogP contribution >= 0.6 is 0 Å². The van der Waals surface area contributed by atoms with E-state index in [2.05, 4.69) is 15.5 Å². The minimum atomic E-state index is -0.182. The fourth-order valence-electron chi connectivity index (χ4n) is 1.89. The first kappa shape index (κ1) is 15.6. The van der Waals surface area contributed by atoms with Crippen molar-refractivity contribution in [3.8, 4) is 0 Å². The van der Waals surface area contributed by atoms with Crippen LogP contribution in [0.25, 0.3) is 0 Å². The molecule has 4 nitrogen and oxygen atoms in total. The Labute approximate surface area is 124 Å². The number of nitrogens with zero attached hydrogens (tertiary/aromatic N) is 2. The number of benzene rings is 1. The molecule has 0 aliphatic carbocycles. The summed E-state index contributed by atoms with van der Waals surface area (Å²) in [6.45, 7) is 10.5. The molecule has 1 unspecified atom stereocenters. The van der Waals surface area contributed by atoms with Crippen molar-refractivity contribution in [3.05, 3.63) is 46.9 Å². The number of aromatic nitrogens is 2. The summed E-state index contributed by atoms with van der Waals surface area (Å²) >= 11 is 0. The largest absolute Gasteiger partial charge is 0.338 e. The van der Waals surface area contributed by atoms with Crippen LogP contribution < -0.4 is 5.32 Å². The smallest absolute Gasteiger partial charge is 0.243 e. The van der Waals surface area contributed by atoms with Crippen molar-refractivity contribution in [1.29, 1.82) is 0 Å². The molecule has 0 radical (unpaired) electrons. The maximum Gasteiger partial charge on any atom is 0.243 e. The summed E-state index contributed by atoms with van der Waals surface area (Å²) in [5.74, 6) is 1.08. The van der Waals surface area contributed by atoms with Crippen molar-refractivity contribution in [2.45, 2.75) is 52.6 Å². The lowest BCUT2D eigenvalue weighted by Gasteiger charge is -2.12. The molecule has 0 fully saturated rings. The van der Waals surface area contributed by atoms with E-state index in [0.717, 1.165) is 5.56 Å². The Morgan fingerprint density at radius 3 is 2.62 bits per heavy atom. The van der Waals surface area contributed by atoms with E-state index in [1.165, 1.54) is 6.07 Å². The average Bonchev–Trinajstić information content (AvgIpc) is 2.89. The van der Waals surface area contributed by atoms with Crippen LogP contribution in [-0.2, 0) is 12.0 Å². The minimum absolute atomic E-state index is 0.0565. The first-order chi connectivity index (χ1) is 9.77. The summed E-state index contributed by atoms with van der Waals surface area (Å²) in [6, 6.07) is 5.04. The van der Waals surface area contributed by atoms with E-state index in [-0.39, 0.29) is 17.3 Å². The molecule has 0 spiro atoms. The highest BCUT2D eigenvalue weighted by Gasteiger charge is 2.22. The molecular weight excluding hydrogens is 269 g/mol. The highest BCUT2D eigenvalue weighted by Crippen LogP contribution is 2.21. The van der Waals surface area contributed by atoms with Crippen LogP contribution in [0.2, 0.25) is 0 Å². The van der Waals surface area contributed by atoms with E-state index in [1.54, 1.807) is 13.0 Å². The third-order valence-corrected chi connectivity index (χ3v) is 3.32. The van der Waals surface area contributed by atoms with Crippen molar-refractivity contribution >= 4 is 0 Å². The van der Waals surface area contributed by atoms with Crippen LogP contribution in [0.4, 0.5) is 4.39 Å². The molecule has 0 saturated heterocycles.